The Bertz CT molecular complexity index is 187. The molecule has 0 fully saturated rings. The van der Waals surface area contributed by atoms with Gasteiger partial charge in [0.05, 0.1) is 12.3 Å². The largest absolute Gasteiger partial charge is 0.369 e. The summed E-state index contributed by atoms with van der Waals surface area (Å²) in [5, 5.41) is 14.3. The van der Waals surface area contributed by atoms with Gasteiger partial charge in [-0.15, -0.1) is 5.10 Å². The van der Waals surface area contributed by atoms with Crippen molar-refractivity contribution in [3.63, 3.8) is 0 Å². The van der Waals surface area contributed by atoms with E-state index in [4.69, 9.17) is 11.5 Å². The van der Waals surface area contributed by atoms with Crippen LogP contribution in [0.5, 0.6) is 0 Å². The third-order valence-electron chi connectivity index (χ3n) is 0.777. The molecule has 11 heavy (non-hydrogen) atoms. The van der Waals surface area contributed by atoms with E-state index in [2.05, 4.69) is 20.4 Å². The first kappa shape index (κ1) is 9.54. The smallest absolute Gasteiger partial charge is 0.211 e. The summed E-state index contributed by atoms with van der Waals surface area (Å²) in [6, 6.07) is 0. The number of azo groups is 1. The van der Waals surface area contributed by atoms with E-state index in [0.717, 1.165) is 0 Å². The fourth-order valence-corrected chi connectivity index (χ4v) is 0.348. The highest BCUT2D eigenvalue weighted by Crippen LogP contribution is 1.81. The van der Waals surface area contributed by atoms with Crippen molar-refractivity contribution in [1.29, 1.82) is 0 Å². The molecule has 0 aromatic heterocycles. The summed E-state index contributed by atoms with van der Waals surface area (Å²) in [4.78, 5) is 0. The van der Waals surface area contributed by atoms with Gasteiger partial charge in [-0.25, -0.2) is 0 Å². The van der Waals surface area contributed by atoms with Crippen molar-refractivity contribution in [2.75, 3.05) is 13.6 Å². The lowest BCUT2D eigenvalue weighted by molar-refractivity contribution is 1.04. The maximum atomic E-state index is 5.04. The lowest BCUT2D eigenvalue weighted by atomic mass is 10.4. The molecule has 0 aliphatic carbocycles. The van der Waals surface area contributed by atoms with Crippen molar-refractivity contribution >= 4 is 11.7 Å². The van der Waals surface area contributed by atoms with E-state index >= 15 is 0 Å². The molecule has 0 atom stereocenters. The zero-order valence-electron chi connectivity index (χ0n) is 6.65. The molecule has 0 radical (unpaired) electrons. The number of guanidine groups is 1. The molecule has 6 heteroatoms. The van der Waals surface area contributed by atoms with Gasteiger partial charge in [-0.3, -0.25) is 0 Å². The second-order valence-electron chi connectivity index (χ2n) is 1.86. The summed E-state index contributed by atoms with van der Waals surface area (Å²) in [7, 11) is 1.59. The van der Waals surface area contributed by atoms with Crippen LogP contribution in [0, 0.1) is 0 Å². The Balaban J connectivity index is 3.91. The third kappa shape index (κ3) is 6.42. The summed E-state index contributed by atoms with van der Waals surface area (Å²) in [5.41, 5.74) is 10.8. The second-order valence-corrected chi connectivity index (χ2v) is 1.86. The lowest BCUT2D eigenvalue weighted by Crippen LogP contribution is -2.22. The van der Waals surface area contributed by atoms with Gasteiger partial charge in [0.1, 0.15) is 0 Å². The van der Waals surface area contributed by atoms with Gasteiger partial charge in [-0.1, -0.05) is 0 Å². The molecule has 0 aromatic rings. The molecule has 6 nitrogen and oxygen atoms in total. The highest BCUT2D eigenvalue weighted by Gasteiger charge is 1.86. The van der Waals surface area contributed by atoms with E-state index in [1.165, 1.54) is 0 Å². The molecular weight excluding hydrogens is 144 g/mol. The first-order chi connectivity index (χ1) is 5.16. The van der Waals surface area contributed by atoms with Crippen LogP contribution in [0.25, 0.3) is 0 Å². The molecule has 0 unspecified atom stereocenters. The number of hydrogen-bond donors (Lipinski definition) is 2. The minimum absolute atomic E-state index is 0.0576. The van der Waals surface area contributed by atoms with Crippen LogP contribution in [-0.4, -0.2) is 25.3 Å². The van der Waals surface area contributed by atoms with Crippen molar-refractivity contribution in [1.82, 2.24) is 0 Å². The van der Waals surface area contributed by atoms with Crippen LogP contribution < -0.4 is 11.5 Å². The first-order valence-corrected chi connectivity index (χ1v) is 3.04. The van der Waals surface area contributed by atoms with E-state index in [-0.39, 0.29) is 5.96 Å². The fourth-order valence-electron chi connectivity index (χ4n) is 0.348. The van der Waals surface area contributed by atoms with Crippen molar-refractivity contribution in [3.05, 3.63) is 0 Å². The predicted molar refractivity (Wildman–Crippen MR) is 44.6 cm³/mol. The van der Waals surface area contributed by atoms with Crippen molar-refractivity contribution in [2.45, 2.75) is 6.92 Å². The van der Waals surface area contributed by atoms with Crippen molar-refractivity contribution in [3.8, 4) is 0 Å². The van der Waals surface area contributed by atoms with Gasteiger partial charge >= 0.3 is 0 Å². The van der Waals surface area contributed by atoms with Crippen LogP contribution in [-0.2, 0) is 0 Å². The fraction of sp³-hybridized carbons (Fsp3) is 0.600. The number of nitrogens with zero attached hydrogens (tertiary/aromatic N) is 4. The van der Waals surface area contributed by atoms with Crippen LogP contribution in [0.2, 0.25) is 0 Å². The van der Waals surface area contributed by atoms with Gasteiger partial charge < -0.3 is 11.5 Å². The van der Waals surface area contributed by atoms with Gasteiger partial charge in [0.15, 0.2) is 0 Å². The summed E-state index contributed by atoms with van der Waals surface area (Å²) >= 11 is 0. The summed E-state index contributed by atoms with van der Waals surface area (Å²) in [6.07, 6.45) is 0. The molecule has 0 rings (SSSR count). The Hall–Kier alpha value is -1.46. The highest BCUT2D eigenvalue weighted by atomic mass is 15.3. The van der Waals surface area contributed by atoms with Crippen LogP contribution >= 0.6 is 0 Å². The van der Waals surface area contributed by atoms with Gasteiger partial charge in [0.2, 0.25) is 5.96 Å². The Labute approximate surface area is 65.1 Å². The van der Waals surface area contributed by atoms with Crippen molar-refractivity contribution < 1.29 is 0 Å². The molecule has 0 bridgehead atoms. The maximum absolute atomic E-state index is 5.04. The van der Waals surface area contributed by atoms with E-state index in [9.17, 15) is 0 Å². The number of nitrogens with two attached hydrogens (primary N) is 2. The van der Waals surface area contributed by atoms with Gasteiger partial charge in [-0.2, -0.15) is 15.3 Å². The summed E-state index contributed by atoms with van der Waals surface area (Å²) in [6.45, 7) is 2.19. The molecule has 4 N–H and O–H groups in total. The quantitative estimate of drug-likeness (QED) is 0.254. The minimum Gasteiger partial charge on any atom is -0.369 e. The second kappa shape index (κ2) is 5.33. The number of hydrogen-bond acceptors (Lipinski definition) is 4. The first-order valence-electron chi connectivity index (χ1n) is 3.04. The lowest BCUT2D eigenvalue weighted by Gasteiger charge is -1.89. The van der Waals surface area contributed by atoms with Gasteiger partial charge in [0, 0.05) is 7.05 Å². The van der Waals surface area contributed by atoms with Crippen LogP contribution in [0.1, 0.15) is 6.92 Å². The molecule has 0 spiro atoms. The van der Waals surface area contributed by atoms with Crippen LogP contribution in [0.15, 0.2) is 20.4 Å². The Morgan fingerprint density at radius 2 is 1.91 bits per heavy atom. The predicted octanol–water partition coefficient (Wildman–Crippen LogP) is -0.282. The molecule has 0 heterocycles. The van der Waals surface area contributed by atoms with E-state index in [1.807, 2.05) is 0 Å². The molecule has 0 aliphatic rings. The Morgan fingerprint density at radius 1 is 1.27 bits per heavy atom. The summed E-state index contributed by atoms with van der Waals surface area (Å²) < 4.78 is 0. The standard InChI is InChI=1S/C5H12N6/c1-4(3-9-8-2)10-11-5(6)7/h3H2,1-2H3,(H4,6,7,11)/b9-8?,10-4+. The van der Waals surface area contributed by atoms with E-state index in [0.29, 0.717) is 12.3 Å². The van der Waals surface area contributed by atoms with E-state index < -0.39 is 0 Å². The SMILES string of the molecule is CN=NC/C(C)=N/N=C(N)N. The molecule has 0 saturated carbocycles. The van der Waals surface area contributed by atoms with E-state index in [1.54, 1.807) is 14.0 Å². The molecular formula is C5H12N6. The number of rotatable bonds is 3. The molecule has 0 aliphatic heterocycles. The average Bonchev–Trinajstić information content (AvgIpc) is 1.97. The normalized spacial score (nSPS) is 12.0. The van der Waals surface area contributed by atoms with Gasteiger partial charge in [0.25, 0.3) is 0 Å². The molecule has 0 amide bonds. The average molecular weight is 156 g/mol. The maximum Gasteiger partial charge on any atom is 0.211 e. The van der Waals surface area contributed by atoms with Crippen molar-refractivity contribution in [2.24, 2.45) is 31.9 Å². The van der Waals surface area contributed by atoms with Crippen LogP contribution in [0.4, 0.5) is 0 Å². The Kier molecular flexibility index (Phi) is 4.63. The molecule has 62 valence electrons. The highest BCUT2D eigenvalue weighted by molar-refractivity contribution is 5.85. The zero-order valence-corrected chi connectivity index (χ0v) is 6.65. The Morgan fingerprint density at radius 3 is 2.36 bits per heavy atom. The molecule has 0 aromatic carbocycles. The zero-order chi connectivity index (χ0) is 8.69. The van der Waals surface area contributed by atoms with Gasteiger partial charge in [-0.05, 0) is 6.92 Å². The topological polar surface area (TPSA) is 101 Å². The third-order valence-corrected chi connectivity index (χ3v) is 0.777. The molecule has 0 saturated heterocycles. The monoisotopic (exact) mass is 156 g/mol. The van der Waals surface area contributed by atoms with Crippen LogP contribution in [0.3, 0.4) is 0 Å². The summed E-state index contributed by atoms with van der Waals surface area (Å²) in [5.74, 6) is -0.0576. The minimum atomic E-state index is -0.0576.